The van der Waals surface area contributed by atoms with Gasteiger partial charge in [0.25, 0.3) is 0 Å². The van der Waals surface area contributed by atoms with Gasteiger partial charge in [-0.2, -0.15) is 0 Å². The van der Waals surface area contributed by atoms with Crippen molar-refractivity contribution in [3.63, 3.8) is 0 Å². The lowest BCUT2D eigenvalue weighted by molar-refractivity contribution is -0.113. The highest BCUT2D eigenvalue weighted by Gasteiger charge is 2.13. The Bertz CT molecular complexity index is 1210. The first kappa shape index (κ1) is 22.7. The van der Waals surface area contributed by atoms with Crippen LogP contribution in [-0.4, -0.2) is 34.3 Å². The number of imidazole rings is 1. The van der Waals surface area contributed by atoms with Crippen molar-refractivity contribution in [2.24, 2.45) is 0 Å². The first-order chi connectivity index (χ1) is 16.0. The highest BCUT2D eigenvalue weighted by Crippen LogP contribution is 2.29. The van der Waals surface area contributed by atoms with Gasteiger partial charge in [-0.05, 0) is 69.3 Å². The number of ether oxygens (including phenoxy) is 1. The van der Waals surface area contributed by atoms with Gasteiger partial charge in [-0.3, -0.25) is 4.79 Å². The molecule has 33 heavy (non-hydrogen) atoms. The second-order valence-electron chi connectivity index (χ2n) is 7.84. The van der Waals surface area contributed by atoms with E-state index in [1.54, 1.807) is 0 Å². The Hall–Kier alpha value is -3.45. The molecule has 0 aliphatic heterocycles. The quantitative estimate of drug-likeness (QED) is 0.289. The van der Waals surface area contributed by atoms with Crippen molar-refractivity contribution in [1.29, 1.82) is 0 Å². The van der Waals surface area contributed by atoms with Gasteiger partial charge in [0.15, 0.2) is 5.16 Å². The monoisotopic (exact) mass is 460 g/mol. The summed E-state index contributed by atoms with van der Waals surface area (Å²) in [5, 5.41) is 3.67. The van der Waals surface area contributed by atoms with Crippen molar-refractivity contribution in [3.05, 3.63) is 72.8 Å². The van der Waals surface area contributed by atoms with Gasteiger partial charge < -0.3 is 19.9 Å². The fourth-order valence-electron chi connectivity index (χ4n) is 3.66. The van der Waals surface area contributed by atoms with E-state index in [0.717, 1.165) is 33.8 Å². The largest absolute Gasteiger partial charge is 0.494 e. The highest BCUT2D eigenvalue weighted by molar-refractivity contribution is 7.99. The number of nitrogens with zero attached hydrogens (tertiary/aromatic N) is 2. The molecule has 170 valence electrons. The van der Waals surface area contributed by atoms with E-state index in [-0.39, 0.29) is 11.7 Å². The Labute approximate surface area is 198 Å². The molecule has 1 amide bonds. The van der Waals surface area contributed by atoms with Crippen molar-refractivity contribution < 1.29 is 9.53 Å². The predicted octanol–water partition coefficient (Wildman–Crippen LogP) is 6.24. The number of H-pyrrole nitrogens is 1. The second-order valence-corrected chi connectivity index (χ2v) is 8.80. The van der Waals surface area contributed by atoms with E-state index in [2.05, 4.69) is 46.2 Å². The summed E-state index contributed by atoms with van der Waals surface area (Å²) in [5.74, 6) is 0.990. The summed E-state index contributed by atoms with van der Waals surface area (Å²) < 4.78 is 5.53. The summed E-state index contributed by atoms with van der Waals surface area (Å²) in [6.45, 7) is 6.89. The molecule has 6 nitrogen and oxygen atoms in total. The van der Waals surface area contributed by atoms with E-state index in [1.165, 1.54) is 11.8 Å². The zero-order chi connectivity index (χ0) is 23.2. The summed E-state index contributed by atoms with van der Waals surface area (Å²) in [5.41, 5.74) is 4.74. The molecule has 0 aliphatic rings. The Morgan fingerprint density at radius 2 is 1.79 bits per heavy atom. The molecule has 0 radical (unpaired) electrons. The van der Waals surface area contributed by atoms with Crippen LogP contribution in [0.2, 0.25) is 0 Å². The Morgan fingerprint density at radius 1 is 1.06 bits per heavy atom. The molecule has 1 heterocycles. The summed E-state index contributed by atoms with van der Waals surface area (Å²) in [6, 6.07) is 24.3. The number of aromatic amines is 1. The maximum Gasteiger partial charge on any atom is 0.234 e. The summed E-state index contributed by atoms with van der Waals surface area (Å²) in [7, 11) is 0. The predicted molar refractivity (Wildman–Crippen MR) is 137 cm³/mol. The van der Waals surface area contributed by atoms with Gasteiger partial charge in [-0.1, -0.05) is 30.0 Å². The van der Waals surface area contributed by atoms with Crippen LogP contribution in [-0.2, 0) is 4.79 Å². The third-order valence-corrected chi connectivity index (χ3v) is 5.94. The first-order valence-corrected chi connectivity index (χ1v) is 12.0. The third-order valence-electron chi connectivity index (χ3n) is 5.06. The molecule has 4 aromatic rings. The molecule has 0 spiro atoms. The van der Waals surface area contributed by atoms with Crippen molar-refractivity contribution in [2.45, 2.75) is 32.0 Å². The minimum atomic E-state index is -0.0769. The minimum absolute atomic E-state index is 0.0769. The van der Waals surface area contributed by atoms with Crippen molar-refractivity contribution >= 4 is 45.8 Å². The molecule has 3 aromatic carbocycles. The molecular weight excluding hydrogens is 432 g/mol. The molecule has 0 aliphatic carbocycles. The standard InChI is InChI=1S/C26H28N4O2S/c1-4-32-22-14-15-23-24(16-22)29-26(28-23)33-17-25(31)27-19-10-12-21(13-11-19)30(18(2)3)20-8-6-5-7-9-20/h5-16,18H,4,17H2,1-3H3,(H,27,31)(H,28,29). The van der Waals surface area contributed by atoms with Crippen molar-refractivity contribution in [3.8, 4) is 5.75 Å². The number of aromatic nitrogens is 2. The third kappa shape index (κ3) is 5.68. The summed E-state index contributed by atoms with van der Waals surface area (Å²) in [4.78, 5) is 22.5. The van der Waals surface area contributed by atoms with Crippen LogP contribution in [0.15, 0.2) is 78.0 Å². The van der Waals surface area contributed by atoms with E-state index in [0.29, 0.717) is 17.8 Å². The normalized spacial score (nSPS) is 11.0. The molecule has 2 N–H and O–H groups in total. The van der Waals surface area contributed by atoms with Gasteiger partial charge in [0.1, 0.15) is 5.75 Å². The number of carbonyl (C=O) groups excluding carboxylic acids is 1. The van der Waals surface area contributed by atoms with Crippen LogP contribution in [0, 0.1) is 0 Å². The van der Waals surface area contributed by atoms with E-state index in [4.69, 9.17) is 4.74 Å². The molecule has 4 rings (SSSR count). The van der Waals surface area contributed by atoms with Crippen LogP contribution < -0.4 is 15.0 Å². The lowest BCUT2D eigenvalue weighted by Crippen LogP contribution is -2.25. The number of hydrogen-bond acceptors (Lipinski definition) is 5. The molecule has 0 bridgehead atoms. The van der Waals surface area contributed by atoms with Crippen LogP contribution in [0.25, 0.3) is 11.0 Å². The van der Waals surface area contributed by atoms with Crippen LogP contribution >= 0.6 is 11.8 Å². The van der Waals surface area contributed by atoms with Gasteiger partial charge in [0.05, 0.1) is 23.4 Å². The fraction of sp³-hybridized carbons (Fsp3) is 0.231. The molecule has 0 fully saturated rings. The van der Waals surface area contributed by atoms with Crippen LogP contribution in [0.1, 0.15) is 20.8 Å². The zero-order valence-electron chi connectivity index (χ0n) is 19.0. The fourth-order valence-corrected chi connectivity index (χ4v) is 4.35. The van der Waals surface area contributed by atoms with Gasteiger partial charge in [0, 0.05) is 29.2 Å². The average Bonchev–Trinajstić information content (AvgIpc) is 3.22. The molecule has 0 saturated heterocycles. The Balaban J connectivity index is 1.36. The van der Waals surface area contributed by atoms with Gasteiger partial charge in [-0.25, -0.2) is 4.98 Å². The lowest BCUT2D eigenvalue weighted by atomic mass is 10.2. The first-order valence-electron chi connectivity index (χ1n) is 11.0. The average molecular weight is 461 g/mol. The Kier molecular flexibility index (Phi) is 7.19. The molecular formula is C26H28N4O2S. The summed E-state index contributed by atoms with van der Waals surface area (Å²) in [6.07, 6.45) is 0. The summed E-state index contributed by atoms with van der Waals surface area (Å²) >= 11 is 1.37. The number of rotatable bonds is 9. The smallest absolute Gasteiger partial charge is 0.234 e. The Morgan fingerprint density at radius 3 is 2.48 bits per heavy atom. The molecule has 0 saturated carbocycles. The number of fused-ring (bicyclic) bond motifs is 1. The number of carbonyl (C=O) groups is 1. The molecule has 0 unspecified atom stereocenters. The number of benzene rings is 3. The zero-order valence-corrected chi connectivity index (χ0v) is 19.9. The number of para-hydroxylation sites is 1. The van der Waals surface area contributed by atoms with E-state index in [1.807, 2.05) is 67.6 Å². The lowest BCUT2D eigenvalue weighted by Gasteiger charge is -2.29. The van der Waals surface area contributed by atoms with Gasteiger partial charge in [-0.15, -0.1) is 0 Å². The number of hydrogen-bond donors (Lipinski definition) is 2. The number of amides is 1. The SMILES string of the molecule is CCOc1ccc2nc(SCC(=O)Nc3ccc(N(c4ccccc4)C(C)C)cc3)[nH]c2c1. The minimum Gasteiger partial charge on any atom is -0.494 e. The number of nitrogens with one attached hydrogen (secondary N) is 2. The van der Waals surface area contributed by atoms with Gasteiger partial charge >= 0.3 is 0 Å². The van der Waals surface area contributed by atoms with Crippen molar-refractivity contribution in [2.75, 3.05) is 22.6 Å². The van der Waals surface area contributed by atoms with Crippen molar-refractivity contribution in [1.82, 2.24) is 9.97 Å². The van der Waals surface area contributed by atoms with Gasteiger partial charge in [0.2, 0.25) is 5.91 Å². The highest BCUT2D eigenvalue weighted by atomic mass is 32.2. The maximum absolute atomic E-state index is 12.5. The molecule has 0 atom stereocenters. The van der Waals surface area contributed by atoms with Crippen LogP contribution in [0.3, 0.4) is 0 Å². The van der Waals surface area contributed by atoms with E-state index >= 15 is 0 Å². The molecule has 1 aromatic heterocycles. The number of thioether (sulfide) groups is 1. The second kappa shape index (κ2) is 10.4. The van der Waals surface area contributed by atoms with Crippen LogP contribution in [0.5, 0.6) is 5.75 Å². The topological polar surface area (TPSA) is 70.2 Å². The van der Waals surface area contributed by atoms with Crippen LogP contribution in [0.4, 0.5) is 17.1 Å². The van der Waals surface area contributed by atoms with E-state index < -0.39 is 0 Å². The number of anilines is 3. The maximum atomic E-state index is 12.5. The molecule has 7 heteroatoms. The van der Waals surface area contributed by atoms with E-state index in [9.17, 15) is 4.79 Å².